The van der Waals surface area contributed by atoms with Crippen LogP contribution in [0.15, 0.2) is 4.99 Å². The second kappa shape index (κ2) is 5.53. The molecule has 86 valence electrons. The molecule has 0 aromatic heterocycles. The van der Waals surface area contributed by atoms with Crippen LogP contribution in [0.3, 0.4) is 0 Å². The van der Waals surface area contributed by atoms with Crippen LogP contribution in [0.25, 0.3) is 0 Å². The van der Waals surface area contributed by atoms with Crippen molar-refractivity contribution in [3.05, 3.63) is 0 Å². The lowest BCUT2D eigenvalue weighted by molar-refractivity contribution is 0.295. The largest absolute Gasteiger partial charge is 0.371 e. The molecular formula is C13H24N2. The van der Waals surface area contributed by atoms with Crippen molar-refractivity contribution in [2.24, 2.45) is 10.9 Å². The van der Waals surface area contributed by atoms with Crippen molar-refractivity contribution in [2.45, 2.75) is 64.3 Å². The van der Waals surface area contributed by atoms with E-state index >= 15 is 0 Å². The fraction of sp³-hybridized carbons (Fsp3) is 0.923. The number of amidine groups is 1. The van der Waals surface area contributed by atoms with Gasteiger partial charge in [-0.1, -0.05) is 19.8 Å². The van der Waals surface area contributed by atoms with Crippen LogP contribution >= 0.6 is 0 Å². The maximum atomic E-state index is 4.49. The van der Waals surface area contributed by atoms with Gasteiger partial charge in [0.25, 0.3) is 0 Å². The third-order valence-corrected chi connectivity index (χ3v) is 3.79. The van der Waals surface area contributed by atoms with E-state index in [1.807, 2.05) is 0 Å². The zero-order valence-electron chi connectivity index (χ0n) is 9.97. The van der Waals surface area contributed by atoms with Crippen LogP contribution in [-0.2, 0) is 0 Å². The zero-order valence-corrected chi connectivity index (χ0v) is 9.97. The highest BCUT2D eigenvalue weighted by molar-refractivity contribution is 5.83. The van der Waals surface area contributed by atoms with Crippen LogP contribution in [0.4, 0.5) is 0 Å². The van der Waals surface area contributed by atoms with Gasteiger partial charge in [-0.25, -0.2) is 0 Å². The van der Waals surface area contributed by atoms with E-state index in [-0.39, 0.29) is 0 Å². The molecule has 1 N–H and O–H groups in total. The first-order valence-electron chi connectivity index (χ1n) is 6.68. The quantitative estimate of drug-likeness (QED) is 0.757. The average molecular weight is 208 g/mol. The number of nitrogens with one attached hydrogen (secondary N) is 1. The van der Waals surface area contributed by atoms with Crippen LogP contribution in [-0.4, -0.2) is 18.4 Å². The molecule has 15 heavy (non-hydrogen) atoms. The van der Waals surface area contributed by atoms with E-state index in [9.17, 15) is 0 Å². The Balaban J connectivity index is 1.69. The van der Waals surface area contributed by atoms with Gasteiger partial charge in [-0.15, -0.1) is 0 Å². The summed E-state index contributed by atoms with van der Waals surface area (Å²) >= 11 is 0. The molecule has 2 aliphatic rings. The fourth-order valence-corrected chi connectivity index (χ4v) is 2.90. The summed E-state index contributed by atoms with van der Waals surface area (Å²) in [5.41, 5.74) is 0. The normalized spacial score (nSPS) is 31.4. The minimum atomic E-state index is 0.731. The monoisotopic (exact) mass is 208 g/mol. The maximum absolute atomic E-state index is 4.49. The van der Waals surface area contributed by atoms with Gasteiger partial charge in [-0.2, -0.15) is 0 Å². The summed E-state index contributed by atoms with van der Waals surface area (Å²) < 4.78 is 0. The van der Waals surface area contributed by atoms with Gasteiger partial charge in [0.15, 0.2) is 0 Å². The van der Waals surface area contributed by atoms with Crippen molar-refractivity contribution >= 4 is 5.84 Å². The number of hydrogen-bond donors (Lipinski definition) is 1. The van der Waals surface area contributed by atoms with Crippen molar-refractivity contribution in [3.63, 3.8) is 0 Å². The Morgan fingerprint density at radius 3 is 2.67 bits per heavy atom. The molecule has 1 fully saturated rings. The van der Waals surface area contributed by atoms with E-state index in [0.29, 0.717) is 0 Å². The Labute approximate surface area is 93.6 Å². The molecule has 0 spiro atoms. The first-order chi connectivity index (χ1) is 7.38. The summed E-state index contributed by atoms with van der Waals surface area (Å²) in [7, 11) is 0. The van der Waals surface area contributed by atoms with Gasteiger partial charge in [0, 0.05) is 19.0 Å². The van der Waals surface area contributed by atoms with E-state index in [2.05, 4.69) is 17.2 Å². The second-order valence-corrected chi connectivity index (χ2v) is 5.08. The van der Waals surface area contributed by atoms with Crippen LogP contribution in [0.5, 0.6) is 0 Å². The molecule has 2 rings (SSSR count). The molecule has 1 aliphatic heterocycles. The smallest absolute Gasteiger partial charge is 0.0965 e. The Kier molecular flexibility index (Phi) is 4.04. The SMILES string of the molecule is CCCC1CCC(NC2=NCCC2)CC1. The number of nitrogens with zero attached hydrogens (tertiary/aromatic N) is 1. The Morgan fingerprint density at radius 2 is 2.07 bits per heavy atom. The predicted molar refractivity (Wildman–Crippen MR) is 65.3 cm³/mol. The van der Waals surface area contributed by atoms with E-state index in [1.165, 1.54) is 57.2 Å². The van der Waals surface area contributed by atoms with E-state index in [4.69, 9.17) is 0 Å². The summed E-state index contributed by atoms with van der Waals surface area (Å²) in [6.07, 6.45) is 10.8. The van der Waals surface area contributed by atoms with Crippen LogP contribution in [0.1, 0.15) is 58.3 Å². The molecule has 0 aromatic carbocycles. The number of rotatable bonds is 3. The van der Waals surface area contributed by atoms with Crippen molar-refractivity contribution in [1.29, 1.82) is 0 Å². The number of aliphatic imine (C=N–C) groups is 1. The third-order valence-electron chi connectivity index (χ3n) is 3.79. The molecule has 0 radical (unpaired) electrons. The average Bonchev–Trinajstić information content (AvgIpc) is 2.74. The minimum Gasteiger partial charge on any atom is -0.371 e. The zero-order chi connectivity index (χ0) is 10.5. The van der Waals surface area contributed by atoms with Crippen molar-refractivity contribution in [2.75, 3.05) is 6.54 Å². The highest BCUT2D eigenvalue weighted by Gasteiger charge is 2.21. The highest BCUT2D eigenvalue weighted by Crippen LogP contribution is 2.27. The number of hydrogen-bond acceptors (Lipinski definition) is 2. The first-order valence-corrected chi connectivity index (χ1v) is 6.68. The third kappa shape index (κ3) is 3.22. The lowest BCUT2D eigenvalue weighted by Gasteiger charge is -2.29. The van der Waals surface area contributed by atoms with E-state index < -0.39 is 0 Å². The Bertz CT molecular complexity index is 215. The van der Waals surface area contributed by atoms with Gasteiger partial charge in [-0.3, -0.25) is 4.99 Å². The molecule has 0 amide bonds. The summed E-state index contributed by atoms with van der Waals surface area (Å²) in [4.78, 5) is 4.49. The molecule has 2 heteroatoms. The van der Waals surface area contributed by atoms with Crippen molar-refractivity contribution in [3.8, 4) is 0 Å². The van der Waals surface area contributed by atoms with E-state index in [1.54, 1.807) is 0 Å². The standard InChI is InChI=1S/C13H24N2/c1-2-4-11-6-8-12(9-7-11)15-13-5-3-10-14-13/h11-12H,2-10H2,1H3,(H,14,15). The molecule has 0 saturated heterocycles. The summed E-state index contributed by atoms with van der Waals surface area (Å²) in [5.74, 6) is 2.30. The topological polar surface area (TPSA) is 24.4 Å². The van der Waals surface area contributed by atoms with Crippen LogP contribution < -0.4 is 5.32 Å². The lowest BCUT2D eigenvalue weighted by atomic mass is 9.83. The molecule has 1 saturated carbocycles. The van der Waals surface area contributed by atoms with Crippen LogP contribution in [0.2, 0.25) is 0 Å². The molecule has 0 bridgehead atoms. The second-order valence-electron chi connectivity index (χ2n) is 5.08. The maximum Gasteiger partial charge on any atom is 0.0965 e. The van der Waals surface area contributed by atoms with E-state index in [0.717, 1.165) is 18.5 Å². The van der Waals surface area contributed by atoms with Gasteiger partial charge in [-0.05, 0) is 38.0 Å². The molecule has 0 unspecified atom stereocenters. The highest BCUT2D eigenvalue weighted by atomic mass is 15.0. The molecule has 0 atom stereocenters. The van der Waals surface area contributed by atoms with Gasteiger partial charge in [0.05, 0.1) is 5.84 Å². The summed E-state index contributed by atoms with van der Waals surface area (Å²) in [6, 6.07) is 0.731. The molecular weight excluding hydrogens is 184 g/mol. The van der Waals surface area contributed by atoms with Crippen molar-refractivity contribution < 1.29 is 0 Å². The van der Waals surface area contributed by atoms with Gasteiger partial charge in [0.1, 0.15) is 0 Å². The Morgan fingerprint density at radius 1 is 1.27 bits per heavy atom. The van der Waals surface area contributed by atoms with Gasteiger partial charge < -0.3 is 5.32 Å². The van der Waals surface area contributed by atoms with Crippen molar-refractivity contribution in [1.82, 2.24) is 5.32 Å². The summed E-state index contributed by atoms with van der Waals surface area (Å²) in [5, 5.41) is 3.63. The first kappa shape index (κ1) is 11.0. The minimum absolute atomic E-state index is 0.731. The van der Waals surface area contributed by atoms with Crippen LogP contribution in [0, 0.1) is 5.92 Å². The molecule has 1 aliphatic carbocycles. The lowest BCUT2D eigenvalue weighted by Crippen LogP contribution is -2.36. The van der Waals surface area contributed by atoms with Gasteiger partial charge in [0.2, 0.25) is 0 Å². The Hall–Kier alpha value is -0.530. The van der Waals surface area contributed by atoms with Gasteiger partial charge >= 0.3 is 0 Å². The molecule has 1 heterocycles. The fourth-order valence-electron chi connectivity index (χ4n) is 2.90. The molecule has 0 aromatic rings. The predicted octanol–water partition coefficient (Wildman–Crippen LogP) is 3.13. The molecule has 2 nitrogen and oxygen atoms in total. The summed E-state index contributed by atoms with van der Waals surface area (Å²) in [6.45, 7) is 3.35.